The van der Waals surface area contributed by atoms with Crippen molar-refractivity contribution in [2.75, 3.05) is 19.0 Å². The summed E-state index contributed by atoms with van der Waals surface area (Å²) >= 11 is 0. The smallest absolute Gasteiger partial charge is 0.274 e. The summed E-state index contributed by atoms with van der Waals surface area (Å²) in [6, 6.07) is 21.5. The lowest BCUT2D eigenvalue weighted by molar-refractivity contribution is -0.118. The minimum atomic E-state index is -0.348. The molecule has 33 heavy (non-hydrogen) atoms. The van der Waals surface area contributed by atoms with Gasteiger partial charge in [0.2, 0.25) is 5.91 Å². The summed E-state index contributed by atoms with van der Waals surface area (Å²) in [6.07, 6.45) is 2.56. The van der Waals surface area contributed by atoms with E-state index < -0.39 is 0 Å². The quantitative estimate of drug-likeness (QED) is 0.528. The zero-order valence-corrected chi connectivity index (χ0v) is 19.2. The van der Waals surface area contributed by atoms with E-state index in [4.69, 9.17) is 4.74 Å². The van der Waals surface area contributed by atoms with Crippen LogP contribution >= 0.6 is 0 Å². The van der Waals surface area contributed by atoms with Crippen molar-refractivity contribution in [2.24, 2.45) is 0 Å². The van der Waals surface area contributed by atoms with Gasteiger partial charge in [0.25, 0.3) is 5.56 Å². The van der Waals surface area contributed by atoms with Crippen LogP contribution in [0, 0.1) is 0 Å². The van der Waals surface area contributed by atoms with Crippen molar-refractivity contribution in [1.82, 2.24) is 9.88 Å². The Labute approximate surface area is 194 Å². The summed E-state index contributed by atoms with van der Waals surface area (Å²) in [4.78, 5) is 25.9. The molecule has 1 aliphatic rings. The van der Waals surface area contributed by atoms with Crippen LogP contribution < -0.4 is 16.2 Å². The van der Waals surface area contributed by atoms with Crippen LogP contribution in [0.1, 0.15) is 24.5 Å². The van der Waals surface area contributed by atoms with E-state index in [-0.39, 0.29) is 29.3 Å². The lowest BCUT2D eigenvalue weighted by Crippen LogP contribution is -2.39. The molecule has 2 N–H and O–H groups in total. The second kappa shape index (κ2) is 10.6. The third-order valence-electron chi connectivity index (χ3n) is 6.26. The Morgan fingerprint density at radius 1 is 1.03 bits per heavy atom. The number of carbonyl (C=O) groups is 1. The summed E-state index contributed by atoms with van der Waals surface area (Å²) in [6.45, 7) is 2.75. The average Bonchev–Trinajstić information content (AvgIpc) is 3.25. The van der Waals surface area contributed by atoms with Crippen LogP contribution in [0.2, 0.25) is 0 Å². The van der Waals surface area contributed by atoms with Gasteiger partial charge in [0.1, 0.15) is 5.69 Å². The average molecular weight is 446 g/mol. The fraction of sp³-hybridized carbons (Fsp3) is 0.333. The number of amides is 1. The first-order chi connectivity index (χ1) is 16.1. The van der Waals surface area contributed by atoms with Crippen molar-refractivity contribution in [3.8, 4) is 11.3 Å². The molecule has 0 saturated carbocycles. The molecule has 6 nitrogen and oxygen atoms in total. The van der Waals surface area contributed by atoms with Crippen LogP contribution in [0.3, 0.4) is 0 Å². The summed E-state index contributed by atoms with van der Waals surface area (Å²) in [5.74, 6) is -0.212. The van der Waals surface area contributed by atoms with E-state index >= 15 is 0 Å². The van der Waals surface area contributed by atoms with Crippen molar-refractivity contribution in [3.05, 3.63) is 88.2 Å². The molecular weight excluding hydrogens is 414 g/mol. The molecule has 1 aliphatic carbocycles. The first-order valence-electron chi connectivity index (χ1n) is 11.6. The van der Waals surface area contributed by atoms with Gasteiger partial charge in [-0.2, -0.15) is 0 Å². The largest absolute Gasteiger partial charge is 0.376 e. The van der Waals surface area contributed by atoms with E-state index in [2.05, 4.69) is 34.9 Å². The first kappa shape index (κ1) is 23.0. The molecule has 1 aromatic heterocycles. The van der Waals surface area contributed by atoms with Gasteiger partial charge in [-0.15, -0.1) is 0 Å². The van der Waals surface area contributed by atoms with Gasteiger partial charge in [0.05, 0.1) is 24.4 Å². The fourth-order valence-electron chi connectivity index (χ4n) is 4.44. The molecule has 6 heteroatoms. The predicted molar refractivity (Wildman–Crippen MR) is 131 cm³/mol. The van der Waals surface area contributed by atoms with Gasteiger partial charge in [-0.1, -0.05) is 61.5 Å². The number of hydrogen-bond donors (Lipinski definition) is 2. The number of ether oxygens (including phenoxy) is 1. The second-order valence-electron chi connectivity index (χ2n) is 8.36. The Bertz CT molecular complexity index is 1130. The Morgan fingerprint density at radius 2 is 1.70 bits per heavy atom. The van der Waals surface area contributed by atoms with E-state index in [9.17, 15) is 9.59 Å². The highest BCUT2D eigenvalue weighted by Gasteiger charge is 2.22. The van der Waals surface area contributed by atoms with Crippen molar-refractivity contribution < 1.29 is 9.53 Å². The van der Waals surface area contributed by atoms with Crippen molar-refractivity contribution in [3.63, 3.8) is 0 Å². The summed E-state index contributed by atoms with van der Waals surface area (Å²) in [5, 5.41) is 5.77. The molecule has 0 bridgehead atoms. The normalized spacial score (nSPS) is 14.1. The number of nitrogens with one attached hydrogen (secondary N) is 2. The zero-order chi connectivity index (χ0) is 23.2. The van der Waals surface area contributed by atoms with E-state index in [1.807, 2.05) is 43.3 Å². The topological polar surface area (TPSA) is 72.4 Å². The number of likely N-dealkylation sites (N-methyl/N-ethyl adjacent to an activating group) is 1. The van der Waals surface area contributed by atoms with E-state index in [1.165, 1.54) is 11.1 Å². The molecular formula is C27H31N3O3. The molecule has 0 saturated heterocycles. The van der Waals surface area contributed by atoms with Crippen molar-refractivity contribution in [2.45, 2.75) is 44.9 Å². The first-order valence-corrected chi connectivity index (χ1v) is 11.6. The lowest BCUT2D eigenvalue weighted by atomic mass is 10.1. The predicted octanol–water partition coefficient (Wildman–Crippen LogP) is 3.64. The Balaban J connectivity index is 1.53. The molecule has 2 aromatic carbocycles. The standard InChI is InChI=1S/C27H31N3O3/c1-3-23(28-2)26(31)29-24-13-14-25(19-9-5-4-6-10-19)30(27(24)32)15-16-33-22-17-20-11-7-8-12-21(20)18-22/h4-14,22-23,28H,3,15-18H2,1-2H3,(H,29,31). The fourth-order valence-corrected chi connectivity index (χ4v) is 4.44. The van der Waals surface area contributed by atoms with Crippen LogP contribution in [-0.2, 0) is 28.9 Å². The number of nitrogens with zero attached hydrogens (tertiary/aromatic N) is 1. The summed E-state index contributed by atoms with van der Waals surface area (Å²) in [5.41, 5.74) is 4.48. The Morgan fingerprint density at radius 3 is 2.33 bits per heavy atom. The number of hydrogen-bond acceptors (Lipinski definition) is 4. The molecule has 1 unspecified atom stereocenters. The number of rotatable bonds is 9. The third-order valence-corrected chi connectivity index (χ3v) is 6.26. The molecule has 0 fully saturated rings. The summed E-state index contributed by atoms with van der Waals surface area (Å²) in [7, 11) is 1.74. The number of carbonyl (C=O) groups excluding carboxylic acids is 1. The van der Waals surface area contributed by atoms with Gasteiger partial charge >= 0.3 is 0 Å². The number of aromatic nitrogens is 1. The van der Waals surface area contributed by atoms with E-state index in [0.717, 1.165) is 24.1 Å². The van der Waals surface area contributed by atoms with Gasteiger partial charge in [-0.05, 0) is 55.1 Å². The van der Waals surface area contributed by atoms with Gasteiger partial charge in [-0.25, -0.2) is 0 Å². The highest BCUT2D eigenvalue weighted by atomic mass is 16.5. The SMILES string of the molecule is CCC(NC)C(=O)Nc1ccc(-c2ccccc2)n(CCOC2Cc3ccccc3C2)c1=O. The molecule has 3 aromatic rings. The maximum Gasteiger partial charge on any atom is 0.274 e. The third kappa shape index (κ3) is 5.24. The van der Waals surface area contributed by atoms with Gasteiger partial charge < -0.3 is 19.9 Å². The van der Waals surface area contributed by atoms with Crippen LogP contribution in [0.15, 0.2) is 71.5 Å². The Kier molecular flexibility index (Phi) is 7.37. The van der Waals surface area contributed by atoms with E-state index in [1.54, 1.807) is 17.7 Å². The van der Waals surface area contributed by atoms with Crippen molar-refractivity contribution in [1.29, 1.82) is 0 Å². The zero-order valence-electron chi connectivity index (χ0n) is 19.2. The molecule has 0 aliphatic heterocycles. The van der Waals surface area contributed by atoms with Crippen LogP contribution in [0.5, 0.6) is 0 Å². The molecule has 1 atom stereocenters. The highest BCUT2D eigenvalue weighted by Crippen LogP contribution is 2.24. The van der Waals surface area contributed by atoms with E-state index in [0.29, 0.717) is 19.6 Å². The van der Waals surface area contributed by atoms with Crippen LogP contribution in [0.4, 0.5) is 5.69 Å². The second-order valence-corrected chi connectivity index (χ2v) is 8.36. The molecule has 0 radical (unpaired) electrons. The molecule has 0 spiro atoms. The van der Waals surface area contributed by atoms with Gasteiger partial charge in [-0.3, -0.25) is 9.59 Å². The Hall–Kier alpha value is -3.22. The monoisotopic (exact) mass is 445 g/mol. The molecule has 1 heterocycles. The molecule has 1 amide bonds. The van der Waals surface area contributed by atoms with Gasteiger partial charge in [0, 0.05) is 6.54 Å². The lowest BCUT2D eigenvalue weighted by Gasteiger charge is -2.18. The molecule has 172 valence electrons. The minimum Gasteiger partial charge on any atom is -0.376 e. The minimum absolute atomic E-state index is 0.127. The summed E-state index contributed by atoms with van der Waals surface area (Å²) < 4.78 is 7.87. The number of fused-ring (bicyclic) bond motifs is 1. The number of benzene rings is 2. The molecule has 4 rings (SSSR count). The van der Waals surface area contributed by atoms with Gasteiger partial charge in [0.15, 0.2) is 0 Å². The number of pyridine rings is 1. The number of anilines is 1. The highest BCUT2D eigenvalue weighted by molar-refractivity contribution is 5.94. The van der Waals surface area contributed by atoms with Crippen LogP contribution in [-0.4, -0.2) is 36.3 Å². The van der Waals surface area contributed by atoms with Crippen LogP contribution in [0.25, 0.3) is 11.3 Å². The maximum absolute atomic E-state index is 13.4. The maximum atomic E-state index is 13.4. The van der Waals surface area contributed by atoms with Crippen molar-refractivity contribution >= 4 is 11.6 Å².